The van der Waals surface area contributed by atoms with Crippen LogP contribution in [0.5, 0.6) is 0 Å². The number of carbonyl (C=O) groups is 1. The van der Waals surface area contributed by atoms with E-state index in [4.69, 9.17) is 5.73 Å². The summed E-state index contributed by atoms with van der Waals surface area (Å²) in [5.41, 5.74) is 6.49. The Bertz CT molecular complexity index is 577. The van der Waals surface area contributed by atoms with Crippen LogP contribution in [-0.4, -0.2) is 55.5 Å². The molecule has 0 saturated heterocycles. The second-order valence-corrected chi connectivity index (χ2v) is 7.25. The van der Waals surface area contributed by atoms with Gasteiger partial charge in [0.15, 0.2) is 0 Å². The Balaban J connectivity index is 0.00000529. The largest absolute Gasteiger partial charge is 0.337 e. The molecule has 1 amide bonds. The van der Waals surface area contributed by atoms with Gasteiger partial charge in [-0.05, 0) is 18.5 Å². The molecule has 0 bridgehead atoms. The fourth-order valence-corrected chi connectivity index (χ4v) is 3.80. The van der Waals surface area contributed by atoms with E-state index in [1.807, 2.05) is 30.3 Å². The first-order valence-corrected chi connectivity index (χ1v) is 9.55. The summed E-state index contributed by atoms with van der Waals surface area (Å²) in [7, 11) is -3.57. The minimum absolute atomic E-state index is 0. The summed E-state index contributed by atoms with van der Waals surface area (Å²) in [5, 5.41) is 0. The zero-order chi connectivity index (χ0) is 17.3. The minimum atomic E-state index is -3.57. The SMILES string of the molecule is CCN(CC)S(=O)(=O)CC(=O)N(CCCN)Cc1ccccc1.Cl. The first-order valence-electron chi connectivity index (χ1n) is 7.94. The number of halogens is 1. The highest BCUT2D eigenvalue weighted by Crippen LogP contribution is 2.08. The summed E-state index contributed by atoms with van der Waals surface area (Å²) in [6.45, 7) is 5.58. The molecule has 0 aliphatic heterocycles. The fraction of sp³-hybridized carbons (Fsp3) is 0.562. The van der Waals surface area contributed by atoms with E-state index in [0.29, 0.717) is 39.1 Å². The molecule has 0 radical (unpaired) electrons. The number of rotatable bonds is 10. The van der Waals surface area contributed by atoms with Gasteiger partial charge in [-0.3, -0.25) is 4.79 Å². The maximum atomic E-state index is 12.5. The van der Waals surface area contributed by atoms with Gasteiger partial charge in [-0.1, -0.05) is 44.2 Å². The maximum absolute atomic E-state index is 12.5. The maximum Gasteiger partial charge on any atom is 0.239 e. The number of carbonyl (C=O) groups excluding carboxylic acids is 1. The van der Waals surface area contributed by atoms with Gasteiger partial charge in [-0.2, -0.15) is 0 Å². The average molecular weight is 378 g/mol. The topological polar surface area (TPSA) is 83.7 Å². The van der Waals surface area contributed by atoms with E-state index in [1.54, 1.807) is 18.7 Å². The van der Waals surface area contributed by atoms with Crippen LogP contribution in [0.25, 0.3) is 0 Å². The number of hydrogen-bond acceptors (Lipinski definition) is 4. The van der Waals surface area contributed by atoms with Crippen molar-refractivity contribution in [3.8, 4) is 0 Å². The quantitative estimate of drug-likeness (QED) is 0.669. The molecule has 8 heteroatoms. The average Bonchev–Trinajstić information content (AvgIpc) is 2.52. The van der Waals surface area contributed by atoms with Gasteiger partial charge in [0.25, 0.3) is 0 Å². The molecule has 0 spiro atoms. The first-order chi connectivity index (χ1) is 10.9. The number of benzene rings is 1. The van der Waals surface area contributed by atoms with E-state index >= 15 is 0 Å². The number of amides is 1. The van der Waals surface area contributed by atoms with Crippen LogP contribution in [0.15, 0.2) is 30.3 Å². The van der Waals surface area contributed by atoms with Crippen molar-refractivity contribution in [2.24, 2.45) is 5.73 Å². The van der Waals surface area contributed by atoms with Crippen molar-refractivity contribution in [3.05, 3.63) is 35.9 Å². The molecule has 0 aromatic heterocycles. The Morgan fingerprint density at radius 3 is 2.21 bits per heavy atom. The molecular formula is C16H28ClN3O3S. The Labute approximate surface area is 151 Å². The van der Waals surface area contributed by atoms with Crippen LogP contribution in [-0.2, 0) is 21.4 Å². The van der Waals surface area contributed by atoms with Crippen molar-refractivity contribution in [2.45, 2.75) is 26.8 Å². The van der Waals surface area contributed by atoms with Crippen molar-refractivity contribution < 1.29 is 13.2 Å². The van der Waals surface area contributed by atoms with Gasteiger partial charge in [-0.15, -0.1) is 12.4 Å². The number of nitrogens with zero attached hydrogens (tertiary/aromatic N) is 2. The summed E-state index contributed by atoms with van der Waals surface area (Å²) in [6.07, 6.45) is 0.643. The summed E-state index contributed by atoms with van der Waals surface area (Å²) < 4.78 is 25.9. The molecule has 2 N–H and O–H groups in total. The Kier molecular flexibility index (Phi) is 10.9. The molecule has 1 aromatic carbocycles. The van der Waals surface area contributed by atoms with Gasteiger partial charge in [0.1, 0.15) is 5.75 Å². The Hall–Kier alpha value is -1.15. The van der Waals surface area contributed by atoms with Gasteiger partial charge in [0, 0.05) is 26.2 Å². The van der Waals surface area contributed by atoms with Gasteiger partial charge in [-0.25, -0.2) is 12.7 Å². The molecule has 24 heavy (non-hydrogen) atoms. The lowest BCUT2D eigenvalue weighted by molar-refractivity contribution is -0.129. The monoisotopic (exact) mass is 377 g/mol. The summed E-state index contributed by atoms with van der Waals surface area (Å²) >= 11 is 0. The number of nitrogens with two attached hydrogens (primary N) is 1. The molecule has 0 heterocycles. The second kappa shape index (κ2) is 11.4. The van der Waals surface area contributed by atoms with Crippen LogP contribution >= 0.6 is 12.4 Å². The fourth-order valence-electron chi connectivity index (χ4n) is 2.33. The molecule has 138 valence electrons. The molecule has 0 fully saturated rings. The third-order valence-corrected chi connectivity index (χ3v) is 5.52. The zero-order valence-corrected chi connectivity index (χ0v) is 16.0. The standard InChI is InChI=1S/C16H27N3O3S.ClH/c1-3-19(4-2)23(21,22)14-16(20)18(12-8-11-17)13-15-9-6-5-7-10-15;/h5-7,9-10H,3-4,8,11-14,17H2,1-2H3;1H. The predicted octanol–water partition coefficient (Wildman–Crippen LogP) is 1.46. The number of hydrogen-bond donors (Lipinski definition) is 1. The van der Waals surface area contributed by atoms with E-state index in [0.717, 1.165) is 5.56 Å². The van der Waals surface area contributed by atoms with Crippen LogP contribution in [0, 0.1) is 0 Å². The highest BCUT2D eigenvalue weighted by Gasteiger charge is 2.26. The zero-order valence-electron chi connectivity index (χ0n) is 14.3. The van der Waals surface area contributed by atoms with Gasteiger partial charge in [0.2, 0.25) is 15.9 Å². The van der Waals surface area contributed by atoms with Crippen molar-refractivity contribution >= 4 is 28.3 Å². The second-order valence-electron chi connectivity index (χ2n) is 5.28. The Morgan fingerprint density at radius 1 is 1.12 bits per heavy atom. The molecule has 0 aliphatic carbocycles. The normalized spacial score (nSPS) is 11.2. The molecule has 0 aliphatic rings. The van der Waals surface area contributed by atoms with Crippen molar-refractivity contribution in [1.82, 2.24) is 9.21 Å². The van der Waals surface area contributed by atoms with Crippen LogP contribution in [0.4, 0.5) is 0 Å². The third-order valence-electron chi connectivity index (χ3n) is 3.61. The summed E-state index contributed by atoms with van der Waals surface area (Å²) in [4.78, 5) is 14.1. The molecule has 6 nitrogen and oxygen atoms in total. The lowest BCUT2D eigenvalue weighted by atomic mass is 10.2. The van der Waals surface area contributed by atoms with E-state index in [2.05, 4.69) is 0 Å². The molecule has 0 unspecified atom stereocenters. The molecule has 1 aromatic rings. The van der Waals surface area contributed by atoms with Crippen LogP contribution in [0.1, 0.15) is 25.8 Å². The van der Waals surface area contributed by atoms with Crippen LogP contribution in [0.3, 0.4) is 0 Å². The lowest BCUT2D eigenvalue weighted by Crippen LogP contribution is -2.41. The Morgan fingerprint density at radius 2 is 1.71 bits per heavy atom. The molecular weight excluding hydrogens is 350 g/mol. The third kappa shape index (κ3) is 7.17. The molecule has 0 atom stereocenters. The summed E-state index contributed by atoms with van der Waals surface area (Å²) in [5.74, 6) is -0.874. The van der Waals surface area contributed by atoms with Crippen LogP contribution < -0.4 is 5.73 Å². The predicted molar refractivity (Wildman–Crippen MR) is 99.5 cm³/mol. The van der Waals surface area contributed by atoms with Crippen molar-refractivity contribution in [1.29, 1.82) is 0 Å². The van der Waals surface area contributed by atoms with E-state index < -0.39 is 15.8 Å². The van der Waals surface area contributed by atoms with E-state index in [9.17, 15) is 13.2 Å². The van der Waals surface area contributed by atoms with Crippen molar-refractivity contribution in [2.75, 3.05) is 31.9 Å². The van der Waals surface area contributed by atoms with Crippen molar-refractivity contribution in [3.63, 3.8) is 0 Å². The van der Waals surface area contributed by atoms with E-state index in [1.165, 1.54) is 4.31 Å². The molecule has 0 saturated carbocycles. The summed E-state index contributed by atoms with van der Waals surface area (Å²) in [6, 6.07) is 9.53. The van der Waals surface area contributed by atoms with Gasteiger partial charge < -0.3 is 10.6 Å². The van der Waals surface area contributed by atoms with E-state index in [-0.39, 0.29) is 18.3 Å². The van der Waals surface area contributed by atoms with Crippen LogP contribution in [0.2, 0.25) is 0 Å². The van der Waals surface area contributed by atoms with Gasteiger partial charge >= 0.3 is 0 Å². The lowest BCUT2D eigenvalue weighted by Gasteiger charge is -2.25. The first kappa shape index (κ1) is 22.9. The highest BCUT2D eigenvalue weighted by molar-refractivity contribution is 7.89. The molecule has 1 rings (SSSR count). The minimum Gasteiger partial charge on any atom is -0.337 e. The number of sulfonamides is 1. The van der Waals surface area contributed by atoms with Gasteiger partial charge in [0.05, 0.1) is 0 Å². The smallest absolute Gasteiger partial charge is 0.239 e. The highest BCUT2D eigenvalue weighted by atomic mass is 35.5.